The topological polar surface area (TPSA) is 41.5 Å². The van der Waals surface area contributed by atoms with Gasteiger partial charge >= 0.3 is 0 Å². The largest absolute Gasteiger partial charge is 0.389 e. The van der Waals surface area contributed by atoms with Crippen molar-refractivity contribution in [1.29, 1.82) is 0 Å². The summed E-state index contributed by atoms with van der Waals surface area (Å²) in [5, 5.41) is 13.6. The van der Waals surface area contributed by atoms with Crippen LogP contribution in [0.1, 0.15) is 46.5 Å². The highest BCUT2D eigenvalue weighted by Crippen LogP contribution is 2.51. The summed E-state index contributed by atoms with van der Waals surface area (Å²) in [6, 6.07) is 0.460. The van der Waals surface area contributed by atoms with E-state index < -0.39 is 5.60 Å². The van der Waals surface area contributed by atoms with E-state index in [1.54, 1.807) is 7.11 Å². The van der Waals surface area contributed by atoms with E-state index in [0.717, 1.165) is 25.8 Å². The molecule has 0 saturated heterocycles. The molecule has 94 valence electrons. The lowest BCUT2D eigenvalue weighted by molar-refractivity contribution is -0.184. The van der Waals surface area contributed by atoms with Crippen LogP contribution in [0.3, 0.4) is 0 Å². The summed E-state index contributed by atoms with van der Waals surface area (Å²) >= 11 is 0. The van der Waals surface area contributed by atoms with Gasteiger partial charge in [0.25, 0.3) is 0 Å². The molecule has 2 aliphatic carbocycles. The van der Waals surface area contributed by atoms with Crippen LogP contribution in [-0.4, -0.2) is 36.0 Å². The first kappa shape index (κ1) is 12.3. The van der Waals surface area contributed by atoms with Crippen molar-refractivity contribution in [2.45, 2.75) is 63.7 Å². The van der Waals surface area contributed by atoms with E-state index in [2.05, 4.69) is 26.1 Å². The van der Waals surface area contributed by atoms with Gasteiger partial charge in [0.05, 0.1) is 11.2 Å². The molecule has 2 unspecified atom stereocenters. The molecule has 2 rings (SSSR count). The summed E-state index contributed by atoms with van der Waals surface area (Å²) in [5.41, 5.74) is -0.302. The van der Waals surface area contributed by atoms with Crippen LogP contribution in [0.2, 0.25) is 0 Å². The van der Waals surface area contributed by atoms with Crippen LogP contribution in [0, 0.1) is 5.41 Å². The highest BCUT2D eigenvalue weighted by atomic mass is 16.5. The number of ether oxygens (including phenoxy) is 1. The van der Waals surface area contributed by atoms with Crippen LogP contribution < -0.4 is 5.32 Å². The van der Waals surface area contributed by atoms with Crippen molar-refractivity contribution in [3.8, 4) is 0 Å². The Morgan fingerprint density at radius 1 is 1.31 bits per heavy atom. The average Bonchev–Trinajstić information content (AvgIpc) is 2.20. The molecule has 2 saturated carbocycles. The van der Waals surface area contributed by atoms with Crippen molar-refractivity contribution >= 4 is 0 Å². The summed E-state index contributed by atoms with van der Waals surface area (Å²) < 4.78 is 5.59. The van der Waals surface area contributed by atoms with Gasteiger partial charge in [-0.3, -0.25) is 0 Å². The molecule has 2 N–H and O–H groups in total. The highest BCUT2D eigenvalue weighted by molar-refractivity contribution is 5.12. The maximum absolute atomic E-state index is 10.0. The van der Waals surface area contributed by atoms with E-state index in [1.807, 2.05) is 0 Å². The zero-order chi connectivity index (χ0) is 12.0. The lowest BCUT2D eigenvalue weighted by atomic mass is 9.55. The van der Waals surface area contributed by atoms with Gasteiger partial charge in [-0.15, -0.1) is 0 Å². The van der Waals surface area contributed by atoms with Gasteiger partial charge in [-0.2, -0.15) is 0 Å². The van der Waals surface area contributed by atoms with Crippen LogP contribution in [0.25, 0.3) is 0 Å². The fraction of sp³-hybridized carbons (Fsp3) is 1.00. The number of aliphatic hydroxyl groups is 1. The van der Waals surface area contributed by atoms with Crippen molar-refractivity contribution in [1.82, 2.24) is 5.32 Å². The zero-order valence-corrected chi connectivity index (χ0v) is 11.0. The Labute approximate surface area is 98.6 Å². The lowest BCUT2D eigenvalue weighted by Crippen LogP contribution is -2.69. The number of rotatable bonds is 4. The molecule has 0 spiro atoms. The molecule has 2 fully saturated rings. The Bertz CT molecular complexity index is 273. The first-order valence-electron chi connectivity index (χ1n) is 6.34. The maximum Gasteiger partial charge on any atom is 0.0771 e. The second-order valence-corrected chi connectivity index (χ2v) is 6.37. The minimum atomic E-state index is -0.421. The Hall–Kier alpha value is -0.120. The molecule has 3 nitrogen and oxygen atoms in total. The van der Waals surface area contributed by atoms with Gasteiger partial charge < -0.3 is 15.2 Å². The van der Waals surface area contributed by atoms with Crippen LogP contribution in [-0.2, 0) is 4.74 Å². The quantitative estimate of drug-likeness (QED) is 0.768. The van der Waals surface area contributed by atoms with E-state index in [0.29, 0.717) is 6.04 Å². The number of hydrogen-bond acceptors (Lipinski definition) is 3. The molecule has 2 aliphatic rings. The Morgan fingerprint density at radius 3 is 2.31 bits per heavy atom. The molecule has 0 aromatic heterocycles. The molecule has 16 heavy (non-hydrogen) atoms. The monoisotopic (exact) mass is 227 g/mol. The lowest BCUT2D eigenvalue weighted by Gasteiger charge is -2.60. The summed E-state index contributed by atoms with van der Waals surface area (Å²) in [7, 11) is 1.79. The predicted octanol–water partition coefficient (Wildman–Crippen LogP) is 1.69. The maximum atomic E-state index is 10.0. The highest BCUT2D eigenvalue weighted by Gasteiger charge is 2.57. The van der Waals surface area contributed by atoms with Crippen molar-refractivity contribution in [2.75, 3.05) is 13.7 Å². The molecular formula is C13H25NO2. The van der Waals surface area contributed by atoms with Crippen molar-refractivity contribution in [3.05, 3.63) is 0 Å². The summed E-state index contributed by atoms with van der Waals surface area (Å²) in [6.07, 6.45) is 4.11. The van der Waals surface area contributed by atoms with Gasteiger partial charge in [-0.05, 0) is 32.6 Å². The molecular weight excluding hydrogens is 202 g/mol. The minimum Gasteiger partial charge on any atom is -0.389 e. The smallest absolute Gasteiger partial charge is 0.0771 e. The fourth-order valence-electron chi connectivity index (χ4n) is 2.89. The second-order valence-electron chi connectivity index (χ2n) is 6.37. The first-order valence-corrected chi connectivity index (χ1v) is 6.34. The Morgan fingerprint density at radius 2 is 1.94 bits per heavy atom. The summed E-state index contributed by atoms with van der Waals surface area (Å²) in [4.78, 5) is 0. The van der Waals surface area contributed by atoms with Gasteiger partial charge in [-0.25, -0.2) is 0 Å². The van der Waals surface area contributed by atoms with Gasteiger partial charge in [0, 0.05) is 25.1 Å². The SMILES string of the molecule is COC1(C)CC(NCC2(O)CCC2)C1(C)C. The Kier molecular flexibility index (Phi) is 2.84. The van der Waals surface area contributed by atoms with Crippen molar-refractivity contribution in [2.24, 2.45) is 5.41 Å². The molecule has 2 atom stereocenters. The Balaban J connectivity index is 1.85. The van der Waals surface area contributed by atoms with E-state index in [-0.39, 0.29) is 11.0 Å². The minimum absolute atomic E-state index is 0.0209. The third-order valence-corrected chi connectivity index (χ3v) is 5.24. The third kappa shape index (κ3) is 1.69. The fourth-order valence-corrected chi connectivity index (χ4v) is 2.89. The molecule has 0 heterocycles. The van der Waals surface area contributed by atoms with Crippen LogP contribution in [0.15, 0.2) is 0 Å². The second kappa shape index (κ2) is 3.69. The van der Waals surface area contributed by atoms with Gasteiger partial charge in [0.2, 0.25) is 0 Å². The van der Waals surface area contributed by atoms with E-state index in [4.69, 9.17) is 4.74 Å². The van der Waals surface area contributed by atoms with Crippen LogP contribution in [0.5, 0.6) is 0 Å². The third-order valence-electron chi connectivity index (χ3n) is 5.24. The standard InChI is InChI=1S/C13H25NO2/c1-11(2)10(8-12(11,3)16-4)14-9-13(15)6-5-7-13/h10,14-15H,5-9H2,1-4H3. The average molecular weight is 227 g/mol. The van der Waals surface area contributed by atoms with Crippen molar-refractivity contribution < 1.29 is 9.84 Å². The number of hydrogen-bond donors (Lipinski definition) is 2. The van der Waals surface area contributed by atoms with Crippen molar-refractivity contribution in [3.63, 3.8) is 0 Å². The summed E-state index contributed by atoms with van der Waals surface area (Å²) in [5.74, 6) is 0. The van der Waals surface area contributed by atoms with Gasteiger partial charge in [0.15, 0.2) is 0 Å². The molecule has 0 aliphatic heterocycles. The summed E-state index contributed by atoms with van der Waals surface area (Å²) in [6.45, 7) is 7.38. The van der Waals surface area contributed by atoms with E-state index in [9.17, 15) is 5.11 Å². The van der Waals surface area contributed by atoms with Crippen LogP contribution in [0.4, 0.5) is 0 Å². The van der Waals surface area contributed by atoms with Gasteiger partial charge in [0.1, 0.15) is 0 Å². The molecule has 0 aromatic rings. The predicted molar refractivity (Wildman–Crippen MR) is 64.4 cm³/mol. The van der Waals surface area contributed by atoms with Gasteiger partial charge in [-0.1, -0.05) is 13.8 Å². The molecule has 0 bridgehead atoms. The zero-order valence-electron chi connectivity index (χ0n) is 11.0. The molecule has 0 aromatic carbocycles. The number of nitrogens with one attached hydrogen (secondary N) is 1. The molecule has 3 heteroatoms. The molecule has 0 radical (unpaired) electrons. The first-order chi connectivity index (χ1) is 7.33. The van der Waals surface area contributed by atoms with E-state index in [1.165, 1.54) is 6.42 Å². The van der Waals surface area contributed by atoms with E-state index >= 15 is 0 Å². The van der Waals surface area contributed by atoms with Crippen LogP contribution >= 0.6 is 0 Å². The number of methoxy groups -OCH3 is 1. The molecule has 0 amide bonds. The normalized spacial score (nSPS) is 39.9.